The van der Waals surface area contributed by atoms with Gasteiger partial charge in [0.05, 0.1) is 6.07 Å². The Morgan fingerprint density at radius 1 is 1.57 bits per heavy atom. The average molecular weight is 91.1 g/mol. The quantitative estimate of drug-likeness (QED) is 0.407. The summed E-state index contributed by atoms with van der Waals surface area (Å²) in [7, 11) is 0. The first-order chi connectivity index (χ1) is 3.33. The number of nitriles is 1. The van der Waals surface area contributed by atoms with Crippen LogP contribution in [0.15, 0.2) is 0 Å². The lowest BCUT2D eigenvalue weighted by Gasteiger charge is -1.83. The molecule has 0 unspecified atom stereocenters. The molecule has 1 heteroatoms. The van der Waals surface area contributed by atoms with E-state index in [1.807, 2.05) is 0 Å². The highest BCUT2D eigenvalue weighted by molar-refractivity contribution is 5.26. The Labute approximate surface area is 42.9 Å². The molecule has 0 aliphatic heterocycles. The van der Waals surface area contributed by atoms with Gasteiger partial charge in [0.15, 0.2) is 0 Å². The molecule has 34 valence electrons. The Hall–Kier alpha value is -0.950. The summed E-state index contributed by atoms with van der Waals surface area (Å²) in [6.07, 6.45) is 6.81. The molecule has 1 fully saturated rings. The highest BCUT2D eigenvalue weighted by Gasteiger charge is 2.40. The summed E-state index contributed by atoms with van der Waals surface area (Å²) in [5.74, 6) is 2.44. The van der Waals surface area contributed by atoms with Crippen molar-refractivity contribution in [2.45, 2.75) is 12.8 Å². The fraction of sp³-hybridized carbons (Fsp3) is 0.500. The van der Waals surface area contributed by atoms with Crippen molar-refractivity contribution in [2.75, 3.05) is 0 Å². The van der Waals surface area contributed by atoms with Crippen LogP contribution in [0.5, 0.6) is 0 Å². The molecule has 0 aromatic carbocycles. The molecule has 0 spiro atoms. The SMILES string of the molecule is C#CC1(C#N)CC1. The van der Waals surface area contributed by atoms with E-state index in [4.69, 9.17) is 11.7 Å². The molecule has 7 heavy (non-hydrogen) atoms. The Morgan fingerprint density at radius 3 is 2.14 bits per heavy atom. The summed E-state index contributed by atoms with van der Waals surface area (Å²) in [5.41, 5.74) is -0.333. The van der Waals surface area contributed by atoms with E-state index in [0.29, 0.717) is 0 Å². The molecule has 0 heterocycles. The normalized spacial score (nSPS) is 22.0. The van der Waals surface area contributed by atoms with Gasteiger partial charge in [-0.25, -0.2) is 0 Å². The fourth-order valence-corrected chi connectivity index (χ4v) is 0.413. The van der Waals surface area contributed by atoms with Crippen LogP contribution in [0.2, 0.25) is 0 Å². The highest BCUT2D eigenvalue weighted by Crippen LogP contribution is 2.43. The molecule has 0 amide bonds. The molecule has 0 saturated heterocycles. The second-order valence-electron chi connectivity index (χ2n) is 1.84. The van der Waals surface area contributed by atoms with Crippen molar-refractivity contribution in [3.63, 3.8) is 0 Å². The topological polar surface area (TPSA) is 23.8 Å². The Balaban J connectivity index is 2.70. The molecule has 1 aliphatic rings. The first-order valence-electron chi connectivity index (χ1n) is 2.22. The first-order valence-corrected chi connectivity index (χ1v) is 2.22. The van der Waals surface area contributed by atoms with Gasteiger partial charge in [0.25, 0.3) is 0 Å². The fourth-order valence-electron chi connectivity index (χ4n) is 0.413. The van der Waals surface area contributed by atoms with Gasteiger partial charge in [0.1, 0.15) is 5.41 Å². The van der Waals surface area contributed by atoms with E-state index in [0.717, 1.165) is 12.8 Å². The molecular formula is C6H5N. The summed E-state index contributed by atoms with van der Waals surface area (Å²) < 4.78 is 0. The van der Waals surface area contributed by atoms with Crippen LogP contribution in [0.4, 0.5) is 0 Å². The van der Waals surface area contributed by atoms with Crippen molar-refractivity contribution in [1.82, 2.24) is 0 Å². The van der Waals surface area contributed by atoms with E-state index < -0.39 is 0 Å². The standard InChI is InChI=1S/C6H5N/c1-2-6(5-7)3-4-6/h1H,3-4H2. The Kier molecular flexibility index (Phi) is 0.609. The van der Waals surface area contributed by atoms with Crippen LogP contribution >= 0.6 is 0 Å². The predicted molar refractivity (Wildman–Crippen MR) is 26.1 cm³/mol. The van der Waals surface area contributed by atoms with Crippen LogP contribution in [0, 0.1) is 29.1 Å². The molecule has 1 nitrogen and oxygen atoms in total. The van der Waals surface area contributed by atoms with Crippen LogP contribution in [0.1, 0.15) is 12.8 Å². The third-order valence-corrected chi connectivity index (χ3v) is 1.24. The van der Waals surface area contributed by atoms with Crippen LogP contribution in [0.3, 0.4) is 0 Å². The summed E-state index contributed by atoms with van der Waals surface area (Å²) in [5, 5.41) is 8.26. The highest BCUT2D eigenvalue weighted by atomic mass is 14.4. The minimum absolute atomic E-state index is 0.333. The zero-order chi connectivity index (χ0) is 5.33. The lowest BCUT2D eigenvalue weighted by Crippen LogP contribution is -1.86. The van der Waals surface area contributed by atoms with Crippen LogP contribution in [-0.4, -0.2) is 0 Å². The second-order valence-corrected chi connectivity index (χ2v) is 1.84. The number of terminal acetylenes is 1. The summed E-state index contributed by atoms with van der Waals surface area (Å²) in [6, 6.07) is 2.07. The molecule has 1 saturated carbocycles. The zero-order valence-corrected chi connectivity index (χ0v) is 3.94. The van der Waals surface area contributed by atoms with Gasteiger partial charge in [-0.05, 0) is 12.8 Å². The number of hydrogen-bond donors (Lipinski definition) is 0. The van der Waals surface area contributed by atoms with Crippen molar-refractivity contribution in [3.05, 3.63) is 0 Å². The van der Waals surface area contributed by atoms with Crippen LogP contribution < -0.4 is 0 Å². The maximum absolute atomic E-state index is 8.26. The van der Waals surface area contributed by atoms with Crippen LogP contribution in [-0.2, 0) is 0 Å². The maximum atomic E-state index is 8.26. The van der Waals surface area contributed by atoms with Crippen molar-refractivity contribution in [3.8, 4) is 18.4 Å². The lowest BCUT2D eigenvalue weighted by atomic mass is 10.2. The van der Waals surface area contributed by atoms with E-state index >= 15 is 0 Å². The third kappa shape index (κ3) is 0.465. The van der Waals surface area contributed by atoms with E-state index in [1.54, 1.807) is 0 Å². The molecule has 1 aliphatic carbocycles. The third-order valence-electron chi connectivity index (χ3n) is 1.24. The lowest BCUT2D eigenvalue weighted by molar-refractivity contribution is 0.919. The van der Waals surface area contributed by atoms with Gasteiger partial charge >= 0.3 is 0 Å². The van der Waals surface area contributed by atoms with Gasteiger partial charge in [-0.2, -0.15) is 5.26 Å². The largest absolute Gasteiger partial charge is 0.197 e. The van der Waals surface area contributed by atoms with E-state index in [2.05, 4.69) is 12.0 Å². The Morgan fingerprint density at radius 2 is 2.14 bits per heavy atom. The Bertz CT molecular complexity index is 136. The second kappa shape index (κ2) is 1.01. The molecular weight excluding hydrogens is 86.1 g/mol. The molecule has 0 aromatic rings. The smallest absolute Gasteiger partial charge is 0.118 e. The van der Waals surface area contributed by atoms with Gasteiger partial charge in [0, 0.05) is 0 Å². The zero-order valence-electron chi connectivity index (χ0n) is 3.94. The molecule has 0 bridgehead atoms. The summed E-state index contributed by atoms with van der Waals surface area (Å²) >= 11 is 0. The molecule has 0 atom stereocenters. The van der Waals surface area contributed by atoms with E-state index in [-0.39, 0.29) is 5.41 Å². The van der Waals surface area contributed by atoms with Crippen molar-refractivity contribution >= 4 is 0 Å². The first kappa shape index (κ1) is 4.22. The number of hydrogen-bond acceptors (Lipinski definition) is 1. The van der Waals surface area contributed by atoms with Gasteiger partial charge in [-0.1, -0.05) is 5.92 Å². The van der Waals surface area contributed by atoms with Gasteiger partial charge in [0.2, 0.25) is 0 Å². The summed E-state index contributed by atoms with van der Waals surface area (Å²) in [6.45, 7) is 0. The maximum Gasteiger partial charge on any atom is 0.118 e. The summed E-state index contributed by atoms with van der Waals surface area (Å²) in [4.78, 5) is 0. The van der Waals surface area contributed by atoms with E-state index in [9.17, 15) is 0 Å². The van der Waals surface area contributed by atoms with Gasteiger partial charge in [-0.15, -0.1) is 6.42 Å². The van der Waals surface area contributed by atoms with Crippen molar-refractivity contribution in [1.29, 1.82) is 5.26 Å². The molecule has 0 aromatic heterocycles. The monoisotopic (exact) mass is 91.0 g/mol. The van der Waals surface area contributed by atoms with Crippen molar-refractivity contribution in [2.24, 2.45) is 5.41 Å². The van der Waals surface area contributed by atoms with Crippen LogP contribution in [0.25, 0.3) is 0 Å². The molecule has 1 rings (SSSR count). The van der Waals surface area contributed by atoms with Gasteiger partial charge < -0.3 is 0 Å². The number of nitrogens with zero attached hydrogens (tertiary/aromatic N) is 1. The minimum atomic E-state index is -0.333. The van der Waals surface area contributed by atoms with Crippen molar-refractivity contribution < 1.29 is 0 Å². The van der Waals surface area contributed by atoms with E-state index in [1.165, 1.54) is 0 Å². The number of rotatable bonds is 0. The van der Waals surface area contributed by atoms with Gasteiger partial charge in [-0.3, -0.25) is 0 Å². The molecule has 0 N–H and O–H groups in total. The average Bonchev–Trinajstić information content (AvgIpc) is 2.46. The predicted octanol–water partition coefficient (Wildman–Crippen LogP) is 0.923. The minimum Gasteiger partial charge on any atom is -0.197 e. The molecule has 0 radical (unpaired) electrons.